The zero-order chi connectivity index (χ0) is 13.5. The standard InChI is InChI=1S/C16H17FO2/c17-15-9-14(12-18)10-16(11-15)19-8-4-7-13-5-2-1-3-6-13/h1-3,5-6,9-11,18H,4,7-8,12H2. The van der Waals surface area contributed by atoms with Crippen LogP contribution in [0.4, 0.5) is 4.39 Å². The number of aliphatic hydroxyl groups excluding tert-OH is 1. The topological polar surface area (TPSA) is 29.5 Å². The molecular formula is C16H17FO2. The fourth-order valence-corrected chi connectivity index (χ4v) is 1.91. The monoisotopic (exact) mass is 260 g/mol. The molecule has 0 aromatic heterocycles. The first-order valence-electron chi connectivity index (χ1n) is 6.35. The summed E-state index contributed by atoms with van der Waals surface area (Å²) in [7, 11) is 0. The van der Waals surface area contributed by atoms with E-state index in [1.807, 2.05) is 18.2 Å². The lowest BCUT2D eigenvalue weighted by Gasteiger charge is -2.08. The van der Waals surface area contributed by atoms with Gasteiger partial charge in [0, 0.05) is 6.07 Å². The summed E-state index contributed by atoms with van der Waals surface area (Å²) in [4.78, 5) is 0. The van der Waals surface area contributed by atoms with E-state index in [9.17, 15) is 4.39 Å². The van der Waals surface area contributed by atoms with Crippen LogP contribution in [-0.2, 0) is 13.0 Å². The molecule has 2 aromatic rings. The first-order chi connectivity index (χ1) is 9.28. The number of benzene rings is 2. The Labute approximate surface area is 112 Å². The van der Waals surface area contributed by atoms with E-state index in [-0.39, 0.29) is 12.4 Å². The van der Waals surface area contributed by atoms with Crippen molar-refractivity contribution in [2.75, 3.05) is 6.61 Å². The average Bonchev–Trinajstić information content (AvgIpc) is 2.44. The number of rotatable bonds is 6. The maximum Gasteiger partial charge on any atom is 0.127 e. The Bertz CT molecular complexity index is 511. The molecule has 0 bridgehead atoms. The average molecular weight is 260 g/mol. The number of hydrogen-bond acceptors (Lipinski definition) is 2. The lowest BCUT2D eigenvalue weighted by Crippen LogP contribution is -2.00. The molecule has 0 amide bonds. The molecule has 2 nitrogen and oxygen atoms in total. The third-order valence-corrected chi connectivity index (χ3v) is 2.84. The van der Waals surface area contributed by atoms with E-state index in [1.165, 1.54) is 17.7 Å². The Morgan fingerprint density at radius 3 is 2.53 bits per heavy atom. The highest BCUT2D eigenvalue weighted by molar-refractivity contribution is 5.29. The van der Waals surface area contributed by atoms with E-state index < -0.39 is 0 Å². The van der Waals surface area contributed by atoms with E-state index in [4.69, 9.17) is 9.84 Å². The largest absolute Gasteiger partial charge is 0.493 e. The van der Waals surface area contributed by atoms with Gasteiger partial charge < -0.3 is 9.84 Å². The van der Waals surface area contributed by atoms with Crippen LogP contribution in [-0.4, -0.2) is 11.7 Å². The van der Waals surface area contributed by atoms with E-state index in [0.717, 1.165) is 12.8 Å². The Balaban J connectivity index is 1.81. The highest BCUT2D eigenvalue weighted by atomic mass is 19.1. The van der Waals surface area contributed by atoms with Crippen molar-refractivity contribution in [3.63, 3.8) is 0 Å². The first kappa shape index (κ1) is 13.6. The second kappa shape index (κ2) is 6.90. The molecule has 0 unspecified atom stereocenters. The summed E-state index contributed by atoms with van der Waals surface area (Å²) in [5.74, 6) is 0.0849. The smallest absolute Gasteiger partial charge is 0.127 e. The Morgan fingerprint density at radius 2 is 1.79 bits per heavy atom. The van der Waals surface area contributed by atoms with E-state index in [1.54, 1.807) is 6.07 Å². The van der Waals surface area contributed by atoms with Crippen molar-refractivity contribution in [1.29, 1.82) is 0 Å². The van der Waals surface area contributed by atoms with Gasteiger partial charge in [-0.1, -0.05) is 30.3 Å². The molecule has 0 saturated carbocycles. The van der Waals surface area contributed by atoms with Crippen LogP contribution in [0.5, 0.6) is 5.75 Å². The van der Waals surface area contributed by atoms with Crippen molar-refractivity contribution in [3.8, 4) is 5.75 Å². The zero-order valence-electron chi connectivity index (χ0n) is 10.7. The van der Waals surface area contributed by atoms with Gasteiger partial charge in [0.15, 0.2) is 0 Å². The van der Waals surface area contributed by atoms with Crippen LogP contribution in [0.1, 0.15) is 17.5 Å². The first-order valence-corrected chi connectivity index (χ1v) is 6.35. The molecule has 0 radical (unpaired) electrons. The Hall–Kier alpha value is -1.87. The highest BCUT2D eigenvalue weighted by Gasteiger charge is 2.01. The third-order valence-electron chi connectivity index (χ3n) is 2.84. The van der Waals surface area contributed by atoms with Crippen molar-refractivity contribution in [2.24, 2.45) is 0 Å². The number of ether oxygens (including phenoxy) is 1. The van der Waals surface area contributed by atoms with Gasteiger partial charge in [-0.2, -0.15) is 0 Å². The van der Waals surface area contributed by atoms with Crippen LogP contribution >= 0.6 is 0 Å². The molecule has 2 rings (SSSR count). The zero-order valence-corrected chi connectivity index (χ0v) is 10.7. The van der Waals surface area contributed by atoms with Gasteiger partial charge in [-0.15, -0.1) is 0 Å². The second-order valence-electron chi connectivity index (χ2n) is 4.39. The van der Waals surface area contributed by atoms with E-state index >= 15 is 0 Å². The van der Waals surface area contributed by atoms with Gasteiger partial charge in [-0.05, 0) is 36.1 Å². The summed E-state index contributed by atoms with van der Waals surface area (Å²) >= 11 is 0. The van der Waals surface area contributed by atoms with Crippen molar-refractivity contribution in [2.45, 2.75) is 19.4 Å². The van der Waals surface area contributed by atoms with Crippen LogP contribution < -0.4 is 4.74 Å². The molecular weight excluding hydrogens is 243 g/mol. The predicted molar refractivity (Wildman–Crippen MR) is 72.6 cm³/mol. The van der Waals surface area contributed by atoms with Crippen molar-refractivity contribution in [3.05, 3.63) is 65.5 Å². The molecule has 19 heavy (non-hydrogen) atoms. The maximum atomic E-state index is 13.2. The van der Waals surface area contributed by atoms with Crippen molar-refractivity contribution in [1.82, 2.24) is 0 Å². The molecule has 0 aliphatic carbocycles. The van der Waals surface area contributed by atoms with Crippen LogP contribution in [0.25, 0.3) is 0 Å². The molecule has 0 heterocycles. The van der Waals surface area contributed by atoms with Crippen LogP contribution in [0.2, 0.25) is 0 Å². The van der Waals surface area contributed by atoms with Gasteiger partial charge in [-0.25, -0.2) is 4.39 Å². The van der Waals surface area contributed by atoms with Gasteiger partial charge in [0.05, 0.1) is 13.2 Å². The summed E-state index contributed by atoms with van der Waals surface area (Å²) in [5.41, 5.74) is 1.79. The molecule has 0 aliphatic heterocycles. The number of halogens is 1. The minimum absolute atomic E-state index is 0.182. The minimum atomic E-state index is -0.385. The van der Waals surface area contributed by atoms with Gasteiger partial charge in [0.2, 0.25) is 0 Å². The van der Waals surface area contributed by atoms with Gasteiger partial charge in [0.25, 0.3) is 0 Å². The highest BCUT2D eigenvalue weighted by Crippen LogP contribution is 2.17. The quantitative estimate of drug-likeness (QED) is 0.807. The number of hydrogen-bond donors (Lipinski definition) is 1. The molecule has 0 saturated heterocycles. The third kappa shape index (κ3) is 4.38. The summed E-state index contributed by atoms with van der Waals surface area (Å²) in [6.45, 7) is 0.349. The summed E-state index contributed by atoms with van der Waals surface area (Å²) in [6.07, 6.45) is 1.80. The van der Waals surface area contributed by atoms with E-state index in [0.29, 0.717) is 17.9 Å². The molecule has 0 atom stereocenters. The van der Waals surface area contributed by atoms with Crippen molar-refractivity contribution < 1.29 is 14.2 Å². The van der Waals surface area contributed by atoms with Gasteiger partial charge in [-0.3, -0.25) is 0 Å². The fraction of sp³-hybridized carbons (Fsp3) is 0.250. The van der Waals surface area contributed by atoms with Gasteiger partial charge >= 0.3 is 0 Å². The van der Waals surface area contributed by atoms with Crippen molar-refractivity contribution >= 4 is 0 Å². The Kier molecular flexibility index (Phi) is 4.93. The molecule has 100 valence electrons. The summed E-state index contributed by atoms with van der Waals surface area (Å²) in [5, 5.41) is 8.98. The lowest BCUT2D eigenvalue weighted by molar-refractivity contribution is 0.277. The second-order valence-corrected chi connectivity index (χ2v) is 4.39. The summed E-state index contributed by atoms with van der Waals surface area (Å²) < 4.78 is 18.7. The van der Waals surface area contributed by atoms with Gasteiger partial charge in [0.1, 0.15) is 11.6 Å². The predicted octanol–water partition coefficient (Wildman–Crippen LogP) is 3.33. The van der Waals surface area contributed by atoms with Crippen LogP contribution in [0.3, 0.4) is 0 Å². The fourth-order valence-electron chi connectivity index (χ4n) is 1.91. The van der Waals surface area contributed by atoms with E-state index in [2.05, 4.69) is 12.1 Å². The molecule has 3 heteroatoms. The molecule has 0 aliphatic rings. The minimum Gasteiger partial charge on any atom is -0.493 e. The molecule has 1 N–H and O–H groups in total. The Morgan fingerprint density at radius 1 is 1.00 bits per heavy atom. The molecule has 0 spiro atoms. The number of aliphatic hydroxyl groups is 1. The number of aryl methyl sites for hydroxylation is 1. The lowest BCUT2D eigenvalue weighted by atomic mass is 10.1. The van der Waals surface area contributed by atoms with Crippen LogP contribution in [0, 0.1) is 5.82 Å². The SMILES string of the molecule is OCc1cc(F)cc(OCCCc2ccccc2)c1. The summed E-state index contributed by atoms with van der Waals surface area (Å²) in [6, 6.07) is 14.5. The van der Waals surface area contributed by atoms with Crippen LogP contribution in [0.15, 0.2) is 48.5 Å². The molecule has 0 fully saturated rings. The molecule has 2 aromatic carbocycles. The normalized spacial score (nSPS) is 10.4. The maximum absolute atomic E-state index is 13.2.